The summed E-state index contributed by atoms with van der Waals surface area (Å²) in [5, 5.41) is 9.12. The summed E-state index contributed by atoms with van der Waals surface area (Å²) < 4.78 is 15.3. The van der Waals surface area contributed by atoms with E-state index in [0.29, 0.717) is 11.1 Å². The smallest absolute Gasteiger partial charge is 0.133 e. The predicted octanol–water partition coefficient (Wildman–Crippen LogP) is 3.52. The SMILES string of the molecule is CC.Cc1cc2ncn(C3(C#N)CC3)c2cc1F. The molecular formula is C14H16FN3. The van der Waals surface area contributed by atoms with Crippen molar-refractivity contribution in [2.45, 2.75) is 39.2 Å². The van der Waals surface area contributed by atoms with Crippen molar-refractivity contribution in [1.82, 2.24) is 9.55 Å². The number of nitriles is 1. The van der Waals surface area contributed by atoms with Gasteiger partial charge in [0.15, 0.2) is 0 Å². The van der Waals surface area contributed by atoms with Crippen molar-refractivity contribution in [3.63, 3.8) is 0 Å². The van der Waals surface area contributed by atoms with Gasteiger partial charge < -0.3 is 4.57 Å². The van der Waals surface area contributed by atoms with E-state index < -0.39 is 5.54 Å². The normalized spacial score (nSPS) is 15.7. The summed E-state index contributed by atoms with van der Waals surface area (Å²) in [5.74, 6) is -0.247. The van der Waals surface area contributed by atoms with E-state index in [1.165, 1.54) is 6.07 Å². The Bertz CT molecular complexity index is 618. The first kappa shape index (κ1) is 12.6. The molecule has 0 amide bonds. The fraction of sp³-hybridized carbons (Fsp3) is 0.429. The van der Waals surface area contributed by atoms with Crippen LogP contribution in [0.5, 0.6) is 0 Å². The van der Waals surface area contributed by atoms with Crippen LogP contribution < -0.4 is 0 Å². The van der Waals surface area contributed by atoms with Gasteiger partial charge in [-0.05, 0) is 31.4 Å². The van der Waals surface area contributed by atoms with Crippen molar-refractivity contribution in [3.05, 3.63) is 29.8 Å². The molecule has 4 heteroatoms. The summed E-state index contributed by atoms with van der Waals surface area (Å²) in [5.41, 5.74) is 1.57. The van der Waals surface area contributed by atoms with E-state index in [2.05, 4.69) is 11.1 Å². The first-order chi connectivity index (χ1) is 8.66. The van der Waals surface area contributed by atoms with E-state index >= 15 is 0 Å². The third-order valence-corrected chi connectivity index (χ3v) is 3.22. The molecule has 0 N–H and O–H groups in total. The average molecular weight is 245 g/mol. The second-order valence-electron chi connectivity index (χ2n) is 4.35. The molecule has 1 aliphatic carbocycles. The van der Waals surface area contributed by atoms with Crippen LogP contribution in [-0.2, 0) is 5.54 Å². The molecule has 1 aromatic heterocycles. The zero-order valence-electron chi connectivity index (χ0n) is 10.9. The Morgan fingerprint density at radius 1 is 1.39 bits per heavy atom. The van der Waals surface area contributed by atoms with Crippen LogP contribution in [0.4, 0.5) is 4.39 Å². The van der Waals surface area contributed by atoms with Gasteiger partial charge in [0.1, 0.15) is 11.4 Å². The highest BCUT2D eigenvalue weighted by Crippen LogP contribution is 2.44. The Morgan fingerprint density at radius 3 is 2.61 bits per heavy atom. The molecule has 2 aromatic rings. The first-order valence-corrected chi connectivity index (χ1v) is 6.21. The van der Waals surface area contributed by atoms with Gasteiger partial charge in [0, 0.05) is 6.07 Å². The van der Waals surface area contributed by atoms with Crippen LogP contribution >= 0.6 is 0 Å². The summed E-state index contributed by atoms with van der Waals surface area (Å²) in [4.78, 5) is 4.22. The highest BCUT2D eigenvalue weighted by molar-refractivity contribution is 5.77. The van der Waals surface area contributed by atoms with Crippen molar-refractivity contribution in [2.75, 3.05) is 0 Å². The minimum atomic E-state index is -0.476. The largest absolute Gasteiger partial charge is 0.311 e. The fourth-order valence-corrected chi connectivity index (χ4v) is 2.00. The van der Waals surface area contributed by atoms with Crippen LogP contribution in [0.15, 0.2) is 18.5 Å². The molecule has 0 unspecified atom stereocenters. The maximum Gasteiger partial charge on any atom is 0.133 e. The standard InChI is InChI=1S/C12H10FN3.C2H6/c1-8-4-10-11(5-9(8)13)16(7-15-10)12(6-14)2-3-12;1-2/h4-5,7H,2-3H2,1H3;1-2H3. The molecule has 0 saturated heterocycles. The van der Waals surface area contributed by atoms with Crippen molar-refractivity contribution in [1.29, 1.82) is 5.26 Å². The van der Waals surface area contributed by atoms with E-state index in [1.807, 2.05) is 13.8 Å². The Morgan fingerprint density at radius 2 is 2.06 bits per heavy atom. The van der Waals surface area contributed by atoms with Gasteiger partial charge in [0.2, 0.25) is 0 Å². The number of fused-ring (bicyclic) bond motifs is 1. The summed E-state index contributed by atoms with van der Waals surface area (Å²) in [6.07, 6.45) is 3.29. The minimum absolute atomic E-state index is 0.247. The third-order valence-electron chi connectivity index (χ3n) is 3.22. The van der Waals surface area contributed by atoms with E-state index in [4.69, 9.17) is 5.26 Å². The van der Waals surface area contributed by atoms with Crippen LogP contribution in [0.25, 0.3) is 11.0 Å². The number of aryl methyl sites for hydroxylation is 1. The second kappa shape index (κ2) is 4.41. The number of imidazole rings is 1. The van der Waals surface area contributed by atoms with Gasteiger partial charge in [0.05, 0.1) is 23.4 Å². The molecule has 0 bridgehead atoms. The lowest BCUT2D eigenvalue weighted by Gasteiger charge is -2.09. The molecule has 3 rings (SSSR count). The van der Waals surface area contributed by atoms with Gasteiger partial charge in [-0.25, -0.2) is 9.37 Å². The Kier molecular flexibility index (Phi) is 3.08. The van der Waals surface area contributed by atoms with Gasteiger partial charge in [-0.1, -0.05) is 13.8 Å². The number of halogens is 1. The lowest BCUT2D eigenvalue weighted by molar-refractivity contribution is 0.609. The second-order valence-corrected chi connectivity index (χ2v) is 4.35. The predicted molar refractivity (Wildman–Crippen MR) is 68.6 cm³/mol. The number of nitrogens with zero attached hydrogens (tertiary/aromatic N) is 3. The Balaban J connectivity index is 0.000000574. The van der Waals surface area contributed by atoms with Crippen LogP contribution in [0.2, 0.25) is 0 Å². The summed E-state index contributed by atoms with van der Waals surface area (Å²) >= 11 is 0. The third kappa shape index (κ3) is 1.76. The van der Waals surface area contributed by atoms with Crippen LogP contribution in [0.1, 0.15) is 32.3 Å². The molecule has 94 valence electrons. The molecule has 0 aliphatic heterocycles. The summed E-state index contributed by atoms with van der Waals surface area (Å²) in [6.45, 7) is 5.71. The zero-order valence-corrected chi connectivity index (χ0v) is 10.9. The molecule has 1 heterocycles. The number of benzene rings is 1. The van der Waals surface area contributed by atoms with Crippen molar-refractivity contribution >= 4 is 11.0 Å². The lowest BCUT2D eigenvalue weighted by Crippen LogP contribution is -2.12. The highest BCUT2D eigenvalue weighted by Gasteiger charge is 2.46. The maximum absolute atomic E-state index is 13.5. The van der Waals surface area contributed by atoms with Gasteiger partial charge in [-0.3, -0.25) is 0 Å². The summed E-state index contributed by atoms with van der Waals surface area (Å²) in [7, 11) is 0. The van der Waals surface area contributed by atoms with Gasteiger partial charge in [-0.15, -0.1) is 0 Å². The zero-order chi connectivity index (χ0) is 13.3. The number of rotatable bonds is 1. The molecule has 0 spiro atoms. The van der Waals surface area contributed by atoms with Gasteiger partial charge >= 0.3 is 0 Å². The Hall–Kier alpha value is -1.89. The monoisotopic (exact) mass is 245 g/mol. The number of hydrogen-bond acceptors (Lipinski definition) is 2. The lowest BCUT2D eigenvalue weighted by atomic mass is 10.2. The highest BCUT2D eigenvalue weighted by atomic mass is 19.1. The molecule has 1 aliphatic rings. The molecule has 3 nitrogen and oxygen atoms in total. The Labute approximate surface area is 106 Å². The van der Waals surface area contributed by atoms with Crippen molar-refractivity contribution in [3.8, 4) is 6.07 Å². The van der Waals surface area contributed by atoms with E-state index in [0.717, 1.165) is 18.4 Å². The van der Waals surface area contributed by atoms with Crippen LogP contribution in [-0.4, -0.2) is 9.55 Å². The topological polar surface area (TPSA) is 41.6 Å². The maximum atomic E-state index is 13.5. The van der Waals surface area contributed by atoms with Crippen molar-refractivity contribution < 1.29 is 4.39 Å². The average Bonchev–Trinajstić information content (AvgIpc) is 3.09. The minimum Gasteiger partial charge on any atom is -0.311 e. The number of aromatic nitrogens is 2. The molecule has 1 saturated carbocycles. The number of hydrogen-bond donors (Lipinski definition) is 0. The van der Waals surface area contributed by atoms with E-state index in [-0.39, 0.29) is 5.82 Å². The van der Waals surface area contributed by atoms with Gasteiger partial charge in [-0.2, -0.15) is 5.26 Å². The molecule has 1 fully saturated rings. The van der Waals surface area contributed by atoms with Gasteiger partial charge in [0.25, 0.3) is 0 Å². The molecule has 0 radical (unpaired) electrons. The molecule has 18 heavy (non-hydrogen) atoms. The van der Waals surface area contributed by atoms with Crippen LogP contribution in [0, 0.1) is 24.1 Å². The molecule has 1 aromatic carbocycles. The van der Waals surface area contributed by atoms with E-state index in [9.17, 15) is 4.39 Å². The molecule has 0 atom stereocenters. The first-order valence-electron chi connectivity index (χ1n) is 6.21. The van der Waals surface area contributed by atoms with E-state index in [1.54, 1.807) is 23.9 Å². The fourth-order valence-electron chi connectivity index (χ4n) is 2.00. The van der Waals surface area contributed by atoms with Crippen LogP contribution in [0.3, 0.4) is 0 Å². The van der Waals surface area contributed by atoms with Crippen molar-refractivity contribution in [2.24, 2.45) is 0 Å². The molecular weight excluding hydrogens is 229 g/mol. The quantitative estimate of drug-likeness (QED) is 0.771. The summed E-state index contributed by atoms with van der Waals surface area (Å²) in [6, 6.07) is 5.47.